The van der Waals surface area contributed by atoms with Crippen LogP contribution < -0.4 is 0 Å². The Hall–Kier alpha value is 0.190. The zero-order valence-corrected chi connectivity index (χ0v) is 9.09. The van der Waals surface area contributed by atoms with E-state index in [4.69, 9.17) is 18.9 Å². The molecule has 0 spiro atoms. The average Bonchev–Trinajstić information content (AvgIpc) is 2.17. The standard InChI is InChI=1S/C8H18O4S/c1-9-3-4-11-5-6-12-8(7-13)10-2/h8,13H,3-7H2,1-2H3. The summed E-state index contributed by atoms with van der Waals surface area (Å²) in [5.41, 5.74) is 0. The highest BCUT2D eigenvalue weighted by atomic mass is 32.1. The second kappa shape index (κ2) is 10.3. The third-order valence-electron chi connectivity index (χ3n) is 1.38. The third kappa shape index (κ3) is 8.52. The number of hydrogen-bond acceptors (Lipinski definition) is 5. The fourth-order valence-electron chi connectivity index (χ4n) is 0.678. The van der Waals surface area contributed by atoms with E-state index in [1.807, 2.05) is 0 Å². The maximum atomic E-state index is 5.26. The van der Waals surface area contributed by atoms with Gasteiger partial charge in [-0.2, -0.15) is 12.6 Å². The Kier molecular flexibility index (Phi) is 10.4. The SMILES string of the molecule is COCCOCCOC(CS)OC. The molecule has 1 unspecified atom stereocenters. The van der Waals surface area contributed by atoms with Gasteiger partial charge in [0.2, 0.25) is 0 Å². The summed E-state index contributed by atoms with van der Waals surface area (Å²) in [5, 5.41) is 0. The Morgan fingerprint density at radius 1 is 1.08 bits per heavy atom. The van der Waals surface area contributed by atoms with Gasteiger partial charge >= 0.3 is 0 Å². The second-order valence-electron chi connectivity index (χ2n) is 2.32. The Morgan fingerprint density at radius 2 is 1.77 bits per heavy atom. The minimum atomic E-state index is -0.241. The van der Waals surface area contributed by atoms with Crippen LogP contribution >= 0.6 is 12.6 Å². The van der Waals surface area contributed by atoms with Gasteiger partial charge in [0.25, 0.3) is 0 Å². The van der Waals surface area contributed by atoms with E-state index in [1.54, 1.807) is 14.2 Å². The molecule has 1 atom stereocenters. The van der Waals surface area contributed by atoms with Crippen LogP contribution in [0.1, 0.15) is 0 Å². The molecule has 4 nitrogen and oxygen atoms in total. The van der Waals surface area contributed by atoms with Gasteiger partial charge in [-0.15, -0.1) is 0 Å². The quantitative estimate of drug-likeness (QED) is 0.343. The number of methoxy groups -OCH3 is 2. The summed E-state index contributed by atoms with van der Waals surface area (Å²) in [4.78, 5) is 0. The fraction of sp³-hybridized carbons (Fsp3) is 1.00. The van der Waals surface area contributed by atoms with Crippen molar-refractivity contribution >= 4 is 12.6 Å². The van der Waals surface area contributed by atoms with E-state index in [2.05, 4.69) is 12.6 Å². The largest absolute Gasteiger partial charge is 0.382 e. The van der Waals surface area contributed by atoms with Crippen LogP contribution in [0.3, 0.4) is 0 Å². The maximum Gasteiger partial charge on any atom is 0.166 e. The van der Waals surface area contributed by atoms with Crippen LogP contribution in [0.25, 0.3) is 0 Å². The van der Waals surface area contributed by atoms with Crippen molar-refractivity contribution in [3.8, 4) is 0 Å². The molecule has 0 rings (SSSR count). The minimum Gasteiger partial charge on any atom is -0.382 e. The van der Waals surface area contributed by atoms with E-state index in [9.17, 15) is 0 Å². The van der Waals surface area contributed by atoms with Crippen molar-refractivity contribution in [2.24, 2.45) is 0 Å². The summed E-state index contributed by atoms with van der Waals surface area (Å²) in [6.45, 7) is 2.28. The van der Waals surface area contributed by atoms with Crippen LogP contribution in [0.15, 0.2) is 0 Å². The van der Waals surface area contributed by atoms with Crippen LogP contribution in [0.5, 0.6) is 0 Å². The highest BCUT2D eigenvalue weighted by Gasteiger charge is 2.02. The molecule has 0 bridgehead atoms. The Bertz CT molecular complexity index is 98.1. The molecule has 0 aromatic carbocycles. The summed E-state index contributed by atoms with van der Waals surface area (Å²) in [6, 6.07) is 0. The molecule has 0 amide bonds. The summed E-state index contributed by atoms with van der Waals surface area (Å²) < 4.78 is 20.2. The van der Waals surface area contributed by atoms with E-state index in [-0.39, 0.29) is 6.29 Å². The minimum absolute atomic E-state index is 0.241. The van der Waals surface area contributed by atoms with Crippen molar-refractivity contribution in [1.82, 2.24) is 0 Å². The Morgan fingerprint density at radius 3 is 2.31 bits per heavy atom. The smallest absolute Gasteiger partial charge is 0.166 e. The lowest BCUT2D eigenvalue weighted by Crippen LogP contribution is -2.20. The van der Waals surface area contributed by atoms with Crippen LogP contribution in [-0.2, 0) is 18.9 Å². The van der Waals surface area contributed by atoms with Crippen molar-refractivity contribution < 1.29 is 18.9 Å². The molecule has 0 radical (unpaired) electrons. The first-order valence-electron chi connectivity index (χ1n) is 4.17. The fourth-order valence-corrected chi connectivity index (χ4v) is 0.933. The van der Waals surface area contributed by atoms with Crippen LogP contribution in [-0.4, -0.2) is 52.7 Å². The normalized spacial score (nSPS) is 13.2. The van der Waals surface area contributed by atoms with E-state index < -0.39 is 0 Å². The third-order valence-corrected chi connectivity index (χ3v) is 1.67. The molecule has 13 heavy (non-hydrogen) atoms. The molecule has 0 aliphatic carbocycles. The molecule has 0 saturated carbocycles. The van der Waals surface area contributed by atoms with Crippen molar-refractivity contribution in [3.63, 3.8) is 0 Å². The molecule has 0 heterocycles. The Balaban J connectivity index is 3.05. The van der Waals surface area contributed by atoms with Crippen molar-refractivity contribution in [2.75, 3.05) is 46.4 Å². The van der Waals surface area contributed by atoms with Crippen LogP contribution in [0.2, 0.25) is 0 Å². The first-order chi connectivity index (χ1) is 6.35. The van der Waals surface area contributed by atoms with Gasteiger partial charge in [-0.05, 0) is 0 Å². The topological polar surface area (TPSA) is 36.9 Å². The van der Waals surface area contributed by atoms with Gasteiger partial charge < -0.3 is 18.9 Å². The van der Waals surface area contributed by atoms with E-state index in [0.717, 1.165) is 0 Å². The molecule has 0 aromatic heterocycles. The number of ether oxygens (including phenoxy) is 4. The van der Waals surface area contributed by atoms with Gasteiger partial charge in [-0.25, -0.2) is 0 Å². The molecule has 0 N–H and O–H groups in total. The van der Waals surface area contributed by atoms with Gasteiger partial charge in [0, 0.05) is 20.0 Å². The lowest BCUT2D eigenvalue weighted by Gasteiger charge is -2.13. The highest BCUT2D eigenvalue weighted by molar-refractivity contribution is 7.80. The molecule has 80 valence electrons. The van der Waals surface area contributed by atoms with E-state index in [0.29, 0.717) is 32.2 Å². The molecule has 0 aliphatic heterocycles. The predicted molar refractivity (Wildman–Crippen MR) is 53.3 cm³/mol. The molecule has 5 heteroatoms. The van der Waals surface area contributed by atoms with Gasteiger partial charge in [0.1, 0.15) is 0 Å². The van der Waals surface area contributed by atoms with Crippen molar-refractivity contribution in [2.45, 2.75) is 6.29 Å². The Labute approximate surface area is 84.9 Å². The molecule has 0 saturated heterocycles. The van der Waals surface area contributed by atoms with Gasteiger partial charge in [0.15, 0.2) is 6.29 Å². The molecule has 0 fully saturated rings. The van der Waals surface area contributed by atoms with Crippen molar-refractivity contribution in [3.05, 3.63) is 0 Å². The predicted octanol–water partition coefficient (Wildman–Crippen LogP) is 0.568. The number of thiol groups is 1. The summed E-state index contributed by atoms with van der Waals surface area (Å²) in [5.74, 6) is 0.550. The lowest BCUT2D eigenvalue weighted by molar-refractivity contribution is -0.119. The molecule has 0 aliphatic rings. The lowest BCUT2D eigenvalue weighted by atomic mass is 10.7. The highest BCUT2D eigenvalue weighted by Crippen LogP contribution is 1.95. The monoisotopic (exact) mass is 210 g/mol. The number of rotatable bonds is 9. The van der Waals surface area contributed by atoms with Crippen molar-refractivity contribution in [1.29, 1.82) is 0 Å². The summed E-state index contributed by atoms with van der Waals surface area (Å²) in [6.07, 6.45) is -0.241. The van der Waals surface area contributed by atoms with E-state index >= 15 is 0 Å². The molecule has 0 aromatic rings. The second-order valence-corrected chi connectivity index (χ2v) is 2.69. The first kappa shape index (κ1) is 13.2. The molecular weight excluding hydrogens is 192 g/mol. The van der Waals surface area contributed by atoms with Crippen LogP contribution in [0.4, 0.5) is 0 Å². The zero-order chi connectivity index (χ0) is 9.94. The zero-order valence-electron chi connectivity index (χ0n) is 8.19. The van der Waals surface area contributed by atoms with Crippen LogP contribution in [0, 0.1) is 0 Å². The maximum absolute atomic E-state index is 5.26. The van der Waals surface area contributed by atoms with Gasteiger partial charge in [-0.1, -0.05) is 0 Å². The van der Waals surface area contributed by atoms with Gasteiger partial charge in [0.05, 0.1) is 26.4 Å². The number of hydrogen-bond donors (Lipinski definition) is 1. The van der Waals surface area contributed by atoms with Gasteiger partial charge in [-0.3, -0.25) is 0 Å². The summed E-state index contributed by atoms with van der Waals surface area (Å²) >= 11 is 4.04. The average molecular weight is 210 g/mol. The first-order valence-corrected chi connectivity index (χ1v) is 4.80. The summed E-state index contributed by atoms with van der Waals surface area (Å²) in [7, 11) is 3.23. The molecular formula is C8H18O4S. The van der Waals surface area contributed by atoms with E-state index in [1.165, 1.54) is 0 Å².